The number of hydrogen-bond acceptors (Lipinski definition) is 5. The van der Waals surface area contributed by atoms with Gasteiger partial charge in [-0.2, -0.15) is 0 Å². The first-order chi connectivity index (χ1) is 6.81. The van der Waals surface area contributed by atoms with Crippen LogP contribution < -0.4 is 5.73 Å². The van der Waals surface area contributed by atoms with Gasteiger partial charge in [0.2, 0.25) is 0 Å². The van der Waals surface area contributed by atoms with Gasteiger partial charge in [-0.3, -0.25) is 0 Å². The second-order valence-electron chi connectivity index (χ2n) is 1.57. The van der Waals surface area contributed by atoms with Crippen molar-refractivity contribution in [1.82, 2.24) is 0 Å². The van der Waals surface area contributed by atoms with Crippen molar-refractivity contribution >= 4 is 27.9 Å². The van der Waals surface area contributed by atoms with Gasteiger partial charge < -0.3 is 15.6 Å². The first-order valence-corrected chi connectivity index (χ1v) is 6.74. The number of carbonyl (C=O) groups is 1. The number of rotatable bonds is 6. The molecule has 0 radical (unpaired) electrons. The van der Waals surface area contributed by atoms with Crippen LogP contribution in [0.3, 0.4) is 0 Å². The molecule has 0 aromatic carbocycles. The molecule has 0 rings (SSSR count). The summed E-state index contributed by atoms with van der Waals surface area (Å²) in [6.45, 7) is 7.53. The van der Waals surface area contributed by atoms with Crippen LogP contribution in [0.1, 0.15) is 20.3 Å². The van der Waals surface area contributed by atoms with Crippen molar-refractivity contribution in [3.63, 3.8) is 0 Å². The zero-order chi connectivity index (χ0) is 11.8. The standard InChI is InChI=1S/C6H11NOS2.C2H6.CH4O/c1-2-6(7)10-9-5-3-4-8;2*1-2/h2,4,6H,1,3,5,7H2;1-2H3;2H,1H3. The molecule has 0 aliphatic rings. The molecule has 0 amide bonds. The molecular formula is C9H21NO2S2. The van der Waals surface area contributed by atoms with E-state index < -0.39 is 0 Å². The molecular weight excluding hydrogens is 218 g/mol. The lowest BCUT2D eigenvalue weighted by Crippen LogP contribution is -2.09. The maximum Gasteiger partial charge on any atom is 0.120 e. The molecule has 0 aliphatic carbocycles. The van der Waals surface area contributed by atoms with Crippen LogP contribution in [0, 0.1) is 0 Å². The van der Waals surface area contributed by atoms with Crippen LogP contribution in [0.5, 0.6) is 0 Å². The average molecular weight is 239 g/mol. The first kappa shape index (κ1) is 19.6. The molecule has 3 N–H and O–H groups in total. The predicted octanol–water partition coefficient (Wildman–Crippen LogP) is 2.06. The SMILES string of the molecule is C=CC(N)SSCCC=O.CC.CO. The van der Waals surface area contributed by atoms with E-state index in [9.17, 15) is 4.79 Å². The molecule has 5 heteroatoms. The summed E-state index contributed by atoms with van der Waals surface area (Å²) in [5, 5.41) is 6.98. The second-order valence-corrected chi connectivity index (χ2v) is 4.24. The molecule has 0 fully saturated rings. The third-order valence-electron chi connectivity index (χ3n) is 0.730. The van der Waals surface area contributed by atoms with Crippen LogP contribution in [0.4, 0.5) is 0 Å². The second kappa shape index (κ2) is 23.1. The highest BCUT2D eigenvalue weighted by Crippen LogP contribution is 2.24. The Kier molecular flexibility index (Phi) is 32.3. The summed E-state index contributed by atoms with van der Waals surface area (Å²) in [5.41, 5.74) is 5.49. The first-order valence-electron chi connectivity index (χ1n) is 4.36. The molecule has 0 aromatic rings. The fourth-order valence-electron chi connectivity index (χ4n) is 0.262. The normalized spacial score (nSPS) is 9.79. The van der Waals surface area contributed by atoms with Crippen LogP contribution in [0.25, 0.3) is 0 Å². The number of aliphatic hydroxyl groups is 1. The van der Waals surface area contributed by atoms with Gasteiger partial charge >= 0.3 is 0 Å². The number of nitrogens with two attached hydrogens (primary N) is 1. The smallest absolute Gasteiger partial charge is 0.120 e. The van der Waals surface area contributed by atoms with Gasteiger partial charge in [0.1, 0.15) is 6.29 Å². The maximum absolute atomic E-state index is 9.85. The molecule has 0 heterocycles. The minimum atomic E-state index is -0.0170. The van der Waals surface area contributed by atoms with Gasteiger partial charge in [0, 0.05) is 19.3 Å². The third kappa shape index (κ3) is 22.7. The van der Waals surface area contributed by atoms with Crippen molar-refractivity contribution in [3.05, 3.63) is 12.7 Å². The zero-order valence-corrected chi connectivity index (χ0v) is 10.7. The Morgan fingerprint density at radius 2 is 2.00 bits per heavy atom. The van der Waals surface area contributed by atoms with E-state index in [-0.39, 0.29) is 5.37 Å². The third-order valence-corrected chi connectivity index (χ3v) is 3.26. The number of carbonyl (C=O) groups excluding carboxylic acids is 1. The summed E-state index contributed by atoms with van der Waals surface area (Å²) in [5.74, 6) is 0.829. The summed E-state index contributed by atoms with van der Waals surface area (Å²) < 4.78 is 0. The number of aldehydes is 1. The van der Waals surface area contributed by atoms with E-state index >= 15 is 0 Å². The minimum Gasteiger partial charge on any atom is -0.400 e. The highest BCUT2D eigenvalue weighted by Gasteiger charge is 1.95. The largest absolute Gasteiger partial charge is 0.400 e. The fourth-order valence-corrected chi connectivity index (χ4v) is 2.07. The molecule has 0 saturated heterocycles. The van der Waals surface area contributed by atoms with Crippen LogP contribution in [-0.4, -0.2) is 29.6 Å². The van der Waals surface area contributed by atoms with Gasteiger partial charge in [-0.25, -0.2) is 0 Å². The lowest BCUT2D eigenvalue weighted by atomic mass is 10.6. The molecule has 0 aliphatic heterocycles. The lowest BCUT2D eigenvalue weighted by Gasteiger charge is -2.01. The van der Waals surface area contributed by atoms with Crippen molar-refractivity contribution in [1.29, 1.82) is 0 Å². The molecule has 0 saturated carbocycles. The van der Waals surface area contributed by atoms with Crippen LogP contribution in [-0.2, 0) is 4.79 Å². The average Bonchev–Trinajstić information content (AvgIpc) is 2.29. The molecule has 0 spiro atoms. The van der Waals surface area contributed by atoms with Crippen molar-refractivity contribution in [2.24, 2.45) is 5.73 Å². The van der Waals surface area contributed by atoms with E-state index in [1.807, 2.05) is 13.8 Å². The van der Waals surface area contributed by atoms with Crippen LogP contribution in [0.2, 0.25) is 0 Å². The summed E-state index contributed by atoms with van der Waals surface area (Å²) in [7, 11) is 4.13. The highest BCUT2D eigenvalue weighted by molar-refractivity contribution is 8.77. The predicted molar refractivity (Wildman–Crippen MR) is 68.4 cm³/mol. The van der Waals surface area contributed by atoms with Gasteiger partial charge in [0.05, 0.1) is 5.37 Å². The molecule has 3 nitrogen and oxygen atoms in total. The summed E-state index contributed by atoms with van der Waals surface area (Å²) >= 11 is 0. The van der Waals surface area contributed by atoms with Gasteiger partial charge in [0.25, 0.3) is 0 Å². The van der Waals surface area contributed by atoms with Gasteiger partial charge in [-0.1, -0.05) is 41.5 Å². The van der Waals surface area contributed by atoms with Crippen molar-refractivity contribution in [3.8, 4) is 0 Å². The van der Waals surface area contributed by atoms with Gasteiger partial charge in [-0.05, 0) is 0 Å². The Balaban J connectivity index is -0.000000266. The van der Waals surface area contributed by atoms with Crippen molar-refractivity contribution in [2.45, 2.75) is 25.6 Å². The Hall–Kier alpha value is 0.0300. The fraction of sp³-hybridized carbons (Fsp3) is 0.667. The summed E-state index contributed by atoms with van der Waals surface area (Å²) in [4.78, 5) is 9.85. The van der Waals surface area contributed by atoms with E-state index in [0.29, 0.717) is 6.42 Å². The Labute approximate surface area is 94.9 Å². The van der Waals surface area contributed by atoms with Crippen molar-refractivity contribution in [2.75, 3.05) is 12.9 Å². The number of aliphatic hydroxyl groups excluding tert-OH is 1. The highest BCUT2D eigenvalue weighted by atomic mass is 33.1. The van der Waals surface area contributed by atoms with Crippen molar-refractivity contribution < 1.29 is 9.90 Å². The van der Waals surface area contributed by atoms with E-state index in [0.717, 1.165) is 19.1 Å². The molecule has 1 atom stereocenters. The maximum atomic E-state index is 9.85. The molecule has 14 heavy (non-hydrogen) atoms. The molecule has 86 valence electrons. The monoisotopic (exact) mass is 239 g/mol. The minimum absolute atomic E-state index is 0.0170. The molecule has 1 unspecified atom stereocenters. The van der Waals surface area contributed by atoms with E-state index in [1.54, 1.807) is 16.9 Å². The van der Waals surface area contributed by atoms with Crippen LogP contribution in [0.15, 0.2) is 12.7 Å². The zero-order valence-electron chi connectivity index (χ0n) is 9.10. The molecule has 0 aromatic heterocycles. The van der Waals surface area contributed by atoms with Gasteiger partial charge in [0.15, 0.2) is 0 Å². The lowest BCUT2D eigenvalue weighted by molar-refractivity contribution is -0.107. The summed E-state index contributed by atoms with van der Waals surface area (Å²) in [6.07, 6.45) is 3.19. The topological polar surface area (TPSA) is 63.3 Å². The van der Waals surface area contributed by atoms with Gasteiger partial charge in [-0.15, -0.1) is 6.58 Å². The van der Waals surface area contributed by atoms with Crippen LogP contribution >= 0.6 is 21.6 Å². The van der Waals surface area contributed by atoms with E-state index in [2.05, 4.69) is 6.58 Å². The Morgan fingerprint density at radius 3 is 2.36 bits per heavy atom. The van der Waals surface area contributed by atoms with E-state index in [4.69, 9.17) is 10.8 Å². The Bertz CT molecular complexity index is 113. The number of hydrogen-bond donors (Lipinski definition) is 2. The summed E-state index contributed by atoms with van der Waals surface area (Å²) in [6, 6.07) is 0. The quantitative estimate of drug-likeness (QED) is 0.244. The molecule has 0 bridgehead atoms. The Morgan fingerprint density at radius 1 is 1.50 bits per heavy atom. The van der Waals surface area contributed by atoms with E-state index in [1.165, 1.54) is 10.8 Å².